The highest BCUT2D eigenvalue weighted by atomic mass is 16.3. The van der Waals surface area contributed by atoms with Crippen molar-refractivity contribution < 1.29 is 9.90 Å². The van der Waals surface area contributed by atoms with E-state index < -0.39 is 5.72 Å². The summed E-state index contributed by atoms with van der Waals surface area (Å²) in [5.41, 5.74) is 1.84. The molecular weight excluding hydrogens is 300 g/mol. The van der Waals surface area contributed by atoms with Gasteiger partial charge in [-0.25, -0.2) is 0 Å². The molecule has 1 amide bonds. The number of carbonyl (C=O) groups excluding carboxylic acids is 1. The Morgan fingerprint density at radius 2 is 1.62 bits per heavy atom. The average molecular weight is 322 g/mol. The van der Waals surface area contributed by atoms with Crippen molar-refractivity contribution in [1.82, 2.24) is 0 Å². The van der Waals surface area contributed by atoms with Crippen molar-refractivity contribution in [3.63, 3.8) is 0 Å². The van der Waals surface area contributed by atoms with Crippen LogP contribution in [0.5, 0.6) is 0 Å². The third-order valence-electron chi connectivity index (χ3n) is 5.22. The molecule has 4 heteroatoms. The first kappa shape index (κ1) is 15.2. The maximum absolute atomic E-state index is 13.1. The van der Waals surface area contributed by atoms with Gasteiger partial charge in [0.1, 0.15) is 0 Å². The molecule has 124 valence electrons. The summed E-state index contributed by atoms with van der Waals surface area (Å²) in [6.45, 7) is 3.91. The van der Waals surface area contributed by atoms with Crippen LogP contribution in [0.4, 0.5) is 11.4 Å². The lowest BCUT2D eigenvalue weighted by Gasteiger charge is -2.36. The number of hydrogen-bond donors (Lipinski definition) is 1. The molecule has 4 rings (SSSR count). The molecule has 2 aromatic rings. The molecule has 1 unspecified atom stereocenters. The number of aliphatic hydroxyl groups is 1. The van der Waals surface area contributed by atoms with E-state index in [9.17, 15) is 9.90 Å². The van der Waals surface area contributed by atoms with Crippen LogP contribution >= 0.6 is 0 Å². The van der Waals surface area contributed by atoms with Gasteiger partial charge >= 0.3 is 0 Å². The van der Waals surface area contributed by atoms with Gasteiger partial charge in [-0.1, -0.05) is 37.3 Å². The van der Waals surface area contributed by atoms with E-state index in [1.807, 2.05) is 49.4 Å². The number of nitrogens with zero attached hydrogens (tertiary/aromatic N) is 2. The summed E-state index contributed by atoms with van der Waals surface area (Å²) in [7, 11) is 0. The maximum Gasteiger partial charge on any atom is 0.261 e. The summed E-state index contributed by atoms with van der Waals surface area (Å²) in [4.78, 5) is 17.0. The van der Waals surface area contributed by atoms with Crippen LogP contribution in [0.15, 0.2) is 48.5 Å². The Hall–Kier alpha value is -2.33. The lowest BCUT2D eigenvalue weighted by molar-refractivity contribution is 0.0358. The van der Waals surface area contributed by atoms with Crippen molar-refractivity contribution in [3.8, 4) is 0 Å². The fourth-order valence-electron chi connectivity index (χ4n) is 3.96. The minimum atomic E-state index is -1.29. The van der Waals surface area contributed by atoms with E-state index in [2.05, 4.69) is 4.90 Å². The number of rotatable bonds is 3. The van der Waals surface area contributed by atoms with Gasteiger partial charge < -0.3 is 10.0 Å². The molecule has 4 nitrogen and oxygen atoms in total. The summed E-state index contributed by atoms with van der Waals surface area (Å²) >= 11 is 0. The van der Waals surface area contributed by atoms with Crippen LogP contribution in [0.2, 0.25) is 0 Å². The van der Waals surface area contributed by atoms with Crippen LogP contribution in [0, 0.1) is 0 Å². The second-order valence-corrected chi connectivity index (χ2v) is 6.54. The minimum Gasteiger partial charge on any atom is -0.370 e. The molecule has 1 fully saturated rings. The molecule has 2 heterocycles. The van der Waals surface area contributed by atoms with Crippen molar-refractivity contribution in [2.45, 2.75) is 31.9 Å². The van der Waals surface area contributed by atoms with Crippen molar-refractivity contribution in [3.05, 3.63) is 59.7 Å². The molecule has 2 aliphatic heterocycles. The highest BCUT2D eigenvalue weighted by Gasteiger charge is 2.48. The van der Waals surface area contributed by atoms with Gasteiger partial charge in [0.15, 0.2) is 5.72 Å². The Morgan fingerprint density at radius 1 is 1.00 bits per heavy atom. The zero-order valence-electron chi connectivity index (χ0n) is 13.9. The summed E-state index contributed by atoms with van der Waals surface area (Å²) in [5, 5.41) is 11.4. The molecule has 1 saturated heterocycles. The summed E-state index contributed by atoms with van der Waals surface area (Å²) in [5.74, 6) is -0.124. The zero-order valence-corrected chi connectivity index (χ0v) is 13.9. The molecule has 0 radical (unpaired) electrons. The van der Waals surface area contributed by atoms with Crippen LogP contribution in [0.3, 0.4) is 0 Å². The molecule has 0 aromatic heterocycles. The van der Waals surface area contributed by atoms with Crippen molar-refractivity contribution >= 4 is 17.3 Å². The van der Waals surface area contributed by atoms with Gasteiger partial charge in [0.05, 0.1) is 11.4 Å². The van der Waals surface area contributed by atoms with Gasteiger partial charge in [0.2, 0.25) is 0 Å². The van der Waals surface area contributed by atoms with E-state index in [0.717, 1.165) is 24.5 Å². The topological polar surface area (TPSA) is 43.8 Å². The molecule has 2 aromatic carbocycles. The van der Waals surface area contributed by atoms with Crippen LogP contribution in [-0.4, -0.2) is 24.1 Å². The minimum absolute atomic E-state index is 0.124. The average Bonchev–Trinajstić information content (AvgIpc) is 3.22. The largest absolute Gasteiger partial charge is 0.370 e. The number of fused-ring (bicyclic) bond motifs is 1. The number of hydrogen-bond acceptors (Lipinski definition) is 3. The molecule has 24 heavy (non-hydrogen) atoms. The number of carbonyl (C=O) groups is 1. The van der Waals surface area contributed by atoms with Gasteiger partial charge in [-0.3, -0.25) is 9.69 Å². The Labute approximate surface area is 142 Å². The van der Waals surface area contributed by atoms with Crippen LogP contribution in [0.1, 0.15) is 42.1 Å². The lowest BCUT2D eigenvalue weighted by atomic mass is 9.98. The second kappa shape index (κ2) is 5.64. The monoisotopic (exact) mass is 322 g/mol. The summed E-state index contributed by atoms with van der Waals surface area (Å²) < 4.78 is 0. The quantitative estimate of drug-likeness (QED) is 0.940. The number of benzene rings is 2. The predicted molar refractivity (Wildman–Crippen MR) is 95.3 cm³/mol. The normalized spacial score (nSPS) is 23.0. The fourth-order valence-corrected chi connectivity index (χ4v) is 3.96. The van der Waals surface area contributed by atoms with E-state index in [1.54, 1.807) is 11.0 Å². The Kier molecular flexibility index (Phi) is 3.57. The summed E-state index contributed by atoms with van der Waals surface area (Å²) in [6, 6.07) is 15.3. The highest BCUT2D eigenvalue weighted by molar-refractivity contribution is 6.13. The standard InChI is InChI=1S/C20H22N2O2/c1-2-20(24)16-10-4-3-9-15(16)19(23)22(20)18-12-6-5-11-17(18)21-13-7-8-14-21/h3-6,9-12,24H,2,7-8,13-14H2,1H3. The fraction of sp³-hybridized carbons (Fsp3) is 0.350. The first-order chi connectivity index (χ1) is 11.7. The Bertz CT molecular complexity index is 783. The predicted octanol–water partition coefficient (Wildman–Crippen LogP) is 3.50. The lowest BCUT2D eigenvalue weighted by Crippen LogP contribution is -2.44. The third kappa shape index (κ3) is 2.06. The number of anilines is 2. The molecule has 2 aliphatic rings. The molecule has 0 aliphatic carbocycles. The van der Waals surface area contributed by atoms with E-state index in [1.165, 1.54) is 12.8 Å². The van der Waals surface area contributed by atoms with E-state index in [-0.39, 0.29) is 5.91 Å². The summed E-state index contributed by atoms with van der Waals surface area (Å²) in [6.07, 6.45) is 2.78. The van der Waals surface area contributed by atoms with Crippen LogP contribution in [0.25, 0.3) is 0 Å². The van der Waals surface area contributed by atoms with Crippen molar-refractivity contribution in [2.24, 2.45) is 0 Å². The van der Waals surface area contributed by atoms with Gasteiger partial charge in [0, 0.05) is 24.2 Å². The van der Waals surface area contributed by atoms with E-state index in [4.69, 9.17) is 0 Å². The SMILES string of the molecule is CCC1(O)c2ccccc2C(=O)N1c1ccccc1N1CCCC1. The third-order valence-corrected chi connectivity index (χ3v) is 5.22. The molecule has 0 spiro atoms. The molecular formula is C20H22N2O2. The first-order valence-electron chi connectivity index (χ1n) is 8.67. The van der Waals surface area contributed by atoms with Gasteiger partial charge in [-0.2, -0.15) is 0 Å². The molecule has 1 N–H and O–H groups in total. The highest BCUT2D eigenvalue weighted by Crippen LogP contribution is 2.45. The van der Waals surface area contributed by atoms with E-state index in [0.29, 0.717) is 17.5 Å². The number of amides is 1. The van der Waals surface area contributed by atoms with Crippen molar-refractivity contribution in [1.29, 1.82) is 0 Å². The zero-order chi connectivity index (χ0) is 16.7. The van der Waals surface area contributed by atoms with Gasteiger partial charge in [0.25, 0.3) is 5.91 Å². The molecule has 0 saturated carbocycles. The van der Waals surface area contributed by atoms with Crippen LogP contribution < -0.4 is 9.80 Å². The van der Waals surface area contributed by atoms with Gasteiger partial charge in [-0.05, 0) is 37.5 Å². The molecule has 0 bridgehead atoms. The van der Waals surface area contributed by atoms with Gasteiger partial charge in [-0.15, -0.1) is 0 Å². The first-order valence-corrected chi connectivity index (χ1v) is 8.67. The molecule has 1 atom stereocenters. The van der Waals surface area contributed by atoms with E-state index >= 15 is 0 Å². The second-order valence-electron chi connectivity index (χ2n) is 6.54. The smallest absolute Gasteiger partial charge is 0.261 e. The van der Waals surface area contributed by atoms with Crippen molar-refractivity contribution in [2.75, 3.05) is 22.9 Å². The van der Waals surface area contributed by atoms with Crippen LogP contribution in [-0.2, 0) is 5.72 Å². The number of para-hydroxylation sites is 2. The Balaban J connectivity index is 1.87. The Morgan fingerprint density at radius 3 is 2.33 bits per heavy atom. The maximum atomic E-state index is 13.1.